The van der Waals surface area contributed by atoms with E-state index in [1.54, 1.807) is 5.01 Å². The topological polar surface area (TPSA) is 78.9 Å². The van der Waals surface area contributed by atoms with Crippen LogP contribution in [0.4, 0.5) is 0 Å². The molecular weight excluding hydrogens is 242 g/mol. The van der Waals surface area contributed by atoms with Gasteiger partial charge in [-0.05, 0) is 32.2 Å². The van der Waals surface area contributed by atoms with Crippen molar-refractivity contribution in [3.63, 3.8) is 0 Å². The third-order valence-electron chi connectivity index (χ3n) is 4.24. The molecule has 0 bridgehead atoms. The Morgan fingerprint density at radius 3 is 2.79 bits per heavy atom. The predicted molar refractivity (Wildman–Crippen MR) is 74.6 cm³/mol. The van der Waals surface area contributed by atoms with Gasteiger partial charge >= 0.3 is 0 Å². The van der Waals surface area contributed by atoms with Gasteiger partial charge in [-0.2, -0.15) is 5.10 Å². The van der Waals surface area contributed by atoms with Crippen LogP contribution in [-0.2, 0) is 4.79 Å². The highest BCUT2D eigenvalue weighted by Crippen LogP contribution is 2.29. The van der Waals surface area contributed by atoms with Crippen LogP contribution in [0.5, 0.6) is 0 Å². The predicted octanol–water partition coefficient (Wildman–Crippen LogP) is 1.25. The Balaban J connectivity index is 2.15. The van der Waals surface area contributed by atoms with Crippen LogP contribution in [0.2, 0.25) is 0 Å². The van der Waals surface area contributed by atoms with Crippen molar-refractivity contribution in [3.05, 3.63) is 0 Å². The lowest BCUT2D eigenvalue weighted by Crippen LogP contribution is -2.43. The standard InChI is InChI=1S/C14H25N3O2/c1-2-11-10(8-9-15)14(19)17(16-11)12-6-4-3-5-7-13(12)18/h10,12-13,18H,2-9,15H2,1H3. The molecule has 5 nitrogen and oxygen atoms in total. The van der Waals surface area contributed by atoms with Gasteiger partial charge in [0.1, 0.15) is 0 Å². The van der Waals surface area contributed by atoms with Crippen molar-refractivity contribution in [2.45, 2.75) is 64.0 Å². The second-order valence-electron chi connectivity index (χ2n) is 5.53. The van der Waals surface area contributed by atoms with Crippen LogP contribution < -0.4 is 5.73 Å². The average Bonchev–Trinajstić information content (AvgIpc) is 2.58. The minimum absolute atomic E-state index is 0.0354. The molecule has 108 valence electrons. The van der Waals surface area contributed by atoms with E-state index in [1.165, 1.54) is 0 Å². The van der Waals surface area contributed by atoms with Gasteiger partial charge in [-0.25, -0.2) is 5.01 Å². The molecule has 1 saturated carbocycles. The first kappa shape index (κ1) is 14.5. The van der Waals surface area contributed by atoms with Gasteiger partial charge in [0.25, 0.3) is 5.91 Å². The Kier molecular flexibility index (Phi) is 4.93. The molecule has 5 heteroatoms. The van der Waals surface area contributed by atoms with Crippen molar-refractivity contribution in [2.24, 2.45) is 16.8 Å². The number of aliphatic hydroxyl groups excluding tert-OH is 1. The zero-order valence-corrected chi connectivity index (χ0v) is 11.7. The lowest BCUT2D eigenvalue weighted by atomic mass is 9.96. The summed E-state index contributed by atoms with van der Waals surface area (Å²) >= 11 is 0. The highest BCUT2D eigenvalue weighted by Gasteiger charge is 2.40. The van der Waals surface area contributed by atoms with Gasteiger partial charge in [0.15, 0.2) is 0 Å². The maximum atomic E-state index is 12.5. The first-order valence-corrected chi connectivity index (χ1v) is 7.47. The second-order valence-corrected chi connectivity index (χ2v) is 5.53. The van der Waals surface area contributed by atoms with Crippen molar-refractivity contribution in [1.29, 1.82) is 0 Å². The molecule has 0 aromatic carbocycles. The maximum absolute atomic E-state index is 12.5. The van der Waals surface area contributed by atoms with E-state index in [9.17, 15) is 9.90 Å². The molecule has 19 heavy (non-hydrogen) atoms. The van der Waals surface area contributed by atoms with Crippen LogP contribution in [-0.4, -0.2) is 40.4 Å². The number of aliphatic hydroxyl groups is 1. The highest BCUT2D eigenvalue weighted by molar-refractivity contribution is 6.08. The van der Waals surface area contributed by atoms with E-state index in [4.69, 9.17) is 5.73 Å². The van der Waals surface area contributed by atoms with Crippen molar-refractivity contribution in [2.75, 3.05) is 6.54 Å². The average molecular weight is 267 g/mol. The SMILES string of the molecule is CCC1=NN(C2CCCCCC2O)C(=O)C1CCN. The van der Waals surface area contributed by atoms with Gasteiger partial charge in [-0.1, -0.05) is 26.2 Å². The van der Waals surface area contributed by atoms with Gasteiger partial charge in [-0.15, -0.1) is 0 Å². The maximum Gasteiger partial charge on any atom is 0.251 e. The van der Waals surface area contributed by atoms with E-state index >= 15 is 0 Å². The summed E-state index contributed by atoms with van der Waals surface area (Å²) in [6, 6.07) is -0.140. The summed E-state index contributed by atoms with van der Waals surface area (Å²) < 4.78 is 0. The number of nitrogens with two attached hydrogens (primary N) is 1. The number of rotatable bonds is 4. The van der Waals surface area contributed by atoms with Gasteiger partial charge in [0, 0.05) is 0 Å². The number of hydrogen-bond acceptors (Lipinski definition) is 4. The zero-order valence-electron chi connectivity index (χ0n) is 11.7. The molecule has 1 heterocycles. The second kappa shape index (κ2) is 6.48. The van der Waals surface area contributed by atoms with Crippen molar-refractivity contribution < 1.29 is 9.90 Å². The summed E-state index contributed by atoms with van der Waals surface area (Å²) in [5.74, 6) is -0.126. The molecule has 1 amide bonds. The molecule has 1 aliphatic carbocycles. The van der Waals surface area contributed by atoms with Crippen LogP contribution in [0.3, 0.4) is 0 Å². The fourth-order valence-electron chi connectivity index (χ4n) is 3.12. The van der Waals surface area contributed by atoms with Crippen molar-refractivity contribution in [3.8, 4) is 0 Å². The van der Waals surface area contributed by atoms with Gasteiger partial charge < -0.3 is 10.8 Å². The van der Waals surface area contributed by atoms with Crippen LogP contribution >= 0.6 is 0 Å². The smallest absolute Gasteiger partial charge is 0.251 e. The van der Waals surface area contributed by atoms with Crippen LogP contribution in [0.25, 0.3) is 0 Å². The molecule has 0 aromatic heterocycles. The number of hydrogen-bond donors (Lipinski definition) is 2. The molecule has 0 radical (unpaired) electrons. The fourth-order valence-corrected chi connectivity index (χ4v) is 3.12. The zero-order chi connectivity index (χ0) is 13.8. The molecule has 3 atom stereocenters. The number of hydrazone groups is 1. The van der Waals surface area contributed by atoms with E-state index < -0.39 is 6.10 Å². The van der Waals surface area contributed by atoms with Crippen LogP contribution in [0.1, 0.15) is 51.9 Å². The van der Waals surface area contributed by atoms with Gasteiger partial charge in [-0.3, -0.25) is 4.79 Å². The van der Waals surface area contributed by atoms with Crippen molar-refractivity contribution >= 4 is 11.6 Å². The van der Waals surface area contributed by atoms with Gasteiger partial charge in [0.2, 0.25) is 0 Å². The molecule has 0 saturated heterocycles. The van der Waals surface area contributed by atoms with E-state index in [2.05, 4.69) is 5.10 Å². The largest absolute Gasteiger partial charge is 0.391 e. The van der Waals surface area contributed by atoms with Crippen molar-refractivity contribution in [1.82, 2.24) is 5.01 Å². The van der Waals surface area contributed by atoms with E-state index in [-0.39, 0.29) is 17.9 Å². The Labute approximate surface area is 114 Å². The first-order chi connectivity index (χ1) is 9.19. The fraction of sp³-hybridized carbons (Fsp3) is 0.857. The number of amides is 1. The molecule has 2 aliphatic rings. The number of carbonyl (C=O) groups excluding carboxylic acids is 1. The molecule has 1 fully saturated rings. The lowest BCUT2D eigenvalue weighted by molar-refractivity contribution is -0.136. The minimum Gasteiger partial charge on any atom is -0.391 e. The summed E-state index contributed by atoms with van der Waals surface area (Å²) in [5, 5.41) is 16.3. The highest BCUT2D eigenvalue weighted by atomic mass is 16.3. The molecule has 3 N–H and O–H groups in total. The molecule has 3 unspecified atom stereocenters. The first-order valence-electron chi connectivity index (χ1n) is 7.47. The Morgan fingerprint density at radius 2 is 2.11 bits per heavy atom. The number of carbonyl (C=O) groups is 1. The minimum atomic E-state index is -0.440. The Hall–Kier alpha value is -0.940. The summed E-state index contributed by atoms with van der Waals surface area (Å²) in [5.41, 5.74) is 6.51. The summed E-state index contributed by atoms with van der Waals surface area (Å²) in [6.07, 6.45) is 5.84. The molecular formula is C14H25N3O2. The normalized spacial score (nSPS) is 32.4. The quantitative estimate of drug-likeness (QED) is 0.752. The monoisotopic (exact) mass is 267 g/mol. The van der Waals surface area contributed by atoms with Gasteiger partial charge in [0.05, 0.1) is 23.8 Å². The molecule has 2 rings (SSSR count). The Morgan fingerprint density at radius 1 is 1.37 bits per heavy atom. The van der Waals surface area contributed by atoms with Crippen LogP contribution in [0.15, 0.2) is 5.10 Å². The van der Waals surface area contributed by atoms with E-state index in [0.29, 0.717) is 13.0 Å². The summed E-state index contributed by atoms with van der Waals surface area (Å²) in [7, 11) is 0. The lowest BCUT2D eigenvalue weighted by Gasteiger charge is -2.28. The third-order valence-corrected chi connectivity index (χ3v) is 4.24. The molecule has 1 aliphatic heterocycles. The summed E-state index contributed by atoms with van der Waals surface area (Å²) in [4.78, 5) is 12.5. The molecule has 0 aromatic rings. The Bertz CT molecular complexity index is 357. The molecule has 0 spiro atoms. The summed E-state index contributed by atoms with van der Waals surface area (Å²) in [6.45, 7) is 2.51. The van der Waals surface area contributed by atoms with Crippen LogP contribution in [0, 0.1) is 5.92 Å². The number of nitrogens with zero attached hydrogens (tertiary/aromatic N) is 2. The third kappa shape index (κ3) is 2.98. The van der Waals surface area contributed by atoms with E-state index in [0.717, 1.165) is 44.2 Å². The van der Waals surface area contributed by atoms with E-state index in [1.807, 2.05) is 6.92 Å².